The van der Waals surface area contributed by atoms with Crippen LogP contribution in [-0.2, 0) is 0 Å². The molecule has 0 bridgehead atoms. The zero-order chi connectivity index (χ0) is 6.85. The van der Waals surface area contributed by atoms with Gasteiger partial charge in [0.05, 0.1) is 0 Å². The van der Waals surface area contributed by atoms with E-state index in [0.29, 0.717) is 0 Å². The lowest BCUT2D eigenvalue weighted by molar-refractivity contribution is 0.450. The topological polar surface area (TPSA) is 26.0 Å². The Morgan fingerprint density at radius 2 is 2.44 bits per heavy atom. The fourth-order valence-corrected chi connectivity index (χ4v) is 1.40. The summed E-state index contributed by atoms with van der Waals surface area (Å²) < 4.78 is 0. The molecule has 0 fully saturated rings. The van der Waals surface area contributed by atoms with Crippen LogP contribution in [0.4, 0.5) is 0 Å². The second-order valence-electron chi connectivity index (χ2n) is 2.97. The Balaban J connectivity index is 2.51. The third-order valence-electron chi connectivity index (χ3n) is 2.47. The summed E-state index contributed by atoms with van der Waals surface area (Å²) in [6.07, 6.45) is 3.51. The molecule has 1 aliphatic rings. The number of rotatable bonds is 1. The van der Waals surface area contributed by atoms with Crippen LogP contribution in [0.15, 0.2) is 11.6 Å². The lowest BCUT2D eigenvalue weighted by Gasteiger charge is -2.13. The van der Waals surface area contributed by atoms with Gasteiger partial charge in [-0.25, -0.2) is 0 Å². The van der Waals surface area contributed by atoms with Crippen molar-refractivity contribution in [3.63, 3.8) is 0 Å². The van der Waals surface area contributed by atoms with Gasteiger partial charge in [0, 0.05) is 0 Å². The Hall–Kier alpha value is -0.300. The van der Waals surface area contributed by atoms with Crippen molar-refractivity contribution < 1.29 is 0 Å². The van der Waals surface area contributed by atoms with Gasteiger partial charge in [0.15, 0.2) is 0 Å². The molecule has 2 atom stereocenters. The zero-order valence-corrected chi connectivity index (χ0v) is 6.22. The van der Waals surface area contributed by atoms with Gasteiger partial charge in [-0.1, -0.05) is 18.6 Å². The van der Waals surface area contributed by atoms with Crippen LogP contribution in [0.1, 0.15) is 20.3 Å². The molecule has 0 aromatic heterocycles. The van der Waals surface area contributed by atoms with Crippen molar-refractivity contribution in [2.45, 2.75) is 20.3 Å². The van der Waals surface area contributed by atoms with Crippen LogP contribution in [-0.4, -0.2) is 6.54 Å². The van der Waals surface area contributed by atoms with Gasteiger partial charge in [-0.05, 0) is 31.7 Å². The average Bonchev–Trinajstić information content (AvgIpc) is 2.15. The summed E-state index contributed by atoms with van der Waals surface area (Å²) in [6.45, 7) is 5.30. The monoisotopic (exact) mass is 125 g/mol. The maximum absolute atomic E-state index is 5.55. The van der Waals surface area contributed by atoms with Crippen molar-refractivity contribution in [1.29, 1.82) is 0 Å². The van der Waals surface area contributed by atoms with Crippen LogP contribution in [0.5, 0.6) is 0 Å². The van der Waals surface area contributed by atoms with Crippen LogP contribution in [0.2, 0.25) is 0 Å². The van der Waals surface area contributed by atoms with E-state index in [1.807, 2.05) is 0 Å². The first-order chi connectivity index (χ1) is 4.25. The van der Waals surface area contributed by atoms with Gasteiger partial charge < -0.3 is 5.73 Å². The van der Waals surface area contributed by atoms with Crippen LogP contribution in [0, 0.1) is 11.8 Å². The fraction of sp³-hybridized carbons (Fsp3) is 0.750. The molecule has 2 N–H and O–H groups in total. The highest BCUT2D eigenvalue weighted by Gasteiger charge is 2.20. The molecular formula is C8H15N. The van der Waals surface area contributed by atoms with E-state index in [0.717, 1.165) is 18.4 Å². The Labute approximate surface area is 56.9 Å². The molecular weight excluding hydrogens is 110 g/mol. The Morgan fingerprint density at radius 1 is 1.78 bits per heavy atom. The van der Waals surface area contributed by atoms with E-state index in [1.165, 1.54) is 12.0 Å². The molecule has 0 aliphatic heterocycles. The molecule has 0 saturated heterocycles. The summed E-state index contributed by atoms with van der Waals surface area (Å²) >= 11 is 0. The smallest absolute Gasteiger partial charge is 0.00403 e. The van der Waals surface area contributed by atoms with Gasteiger partial charge in [0.25, 0.3) is 0 Å². The molecule has 0 saturated carbocycles. The maximum atomic E-state index is 5.55. The third kappa shape index (κ3) is 1.16. The molecule has 0 aromatic rings. The van der Waals surface area contributed by atoms with Gasteiger partial charge in [0.2, 0.25) is 0 Å². The third-order valence-corrected chi connectivity index (χ3v) is 2.47. The van der Waals surface area contributed by atoms with Crippen molar-refractivity contribution >= 4 is 0 Å². The van der Waals surface area contributed by atoms with Gasteiger partial charge in [-0.15, -0.1) is 0 Å². The summed E-state index contributed by atoms with van der Waals surface area (Å²) in [7, 11) is 0. The van der Waals surface area contributed by atoms with Crippen LogP contribution in [0.25, 0.3) is 0 Å². The zero-order valence-electron chi connectivity index (χ0n) is 6.22. The maximum Gasteiger partial charge on any atom is -0.00403 e. The average molecular weight is 125 g/mol. The molecule has 1 heteroatoms. The summed E-state index contributed by atoms with van der Waals surface area (Å²) in [5.41, 5.74) is 7.07. The van der Waals surface area contributed by atoms with E-state index in [4.69, 9.17) is 5.73 Å². The fourth-order valence-electron chi connectivity index (χ4n) is 1.40. The number of nitrogens with two attached hydrogens (primary N) is 1. The van der Waals surface area contributed by atoms with Crippen molar-refractivity contribution in [2.24, 2.45) is 17.6 Å². The molecule has 1 nitrogen and oxygen atoms in total. The molecule has 0 radical (unpaired) electrons. The van der Waals surface area contributed by atoms with E-state index < -0.39 is 0 Å². The molecule has 0 spiro atoms. The molecule has 1 rings (SSSR count). The Kier molecular flexibility index (Phi) is 1.91. The first kappa shape index (κ1) is 6.81. The second kappa shape index (κ2) is 2.53. The Bertz CT molecular complexity index is 127. The molecule has 0 heterocycles. The summed E-state index contributed by atoms with van der Waals surface area (Å²) in [5, 5.41) is 0. The van der Waals surface area contributed by atoms with E-state index >= 15 is 0 Å². The highest BCUT2D eigenvalue weighted by atomic mass is 14.6. The van der Waals surface area contributed by atoms with Crippen LogP contribution in [0.3, 0.4) is 0 Å². The van der Waals surface area contributed by atoms with E-state index in [-0.39, 0.29) is 0 Å². The lowest BCUT2D eigenvalue weighted by Crippen LogP contribution is -2.17. The first-order valence-electron chi connectivity index (χ1n) is 3.62. The van der Waals surface area contributed by atoms with Crippen molar-refractivity contribution in [2.75, 3.05) is 6.54 Å². The molecule has 1 aliphatic carbocycles. The minimum atomic E-state index is 0.727. The molecule has 0 amide bonds. The van der Waals surface area contributed by atoms with Crippen LogP contribution >= 0.6 is 0 Å². The normalized spacial score (nSPS) is 34.8. The van der Waals surface area contributed by atoms with Gasteiger partial charge >= 0.3 is 0 Å². The lowest BCUT2D eigenvalue weighted by atomic mass is 9.94. The minimum Gasteiger partial charge on any atom is -0.330 e. The van der Waals surface area contributed by atoms with Crippen molar-refractivity contribution in [1.82, 2.24) is 0 Å². The minimum absolute atomic E-state index is 0.727. The van der Waals surface area contributed by atoms with E-state index in [1.54, 1.807) is 0 Å². The summed E-state index contributed by atoms with van der Waals surface area (Å²) in [6, 6.07) is 0. The second-order valence-corrected chi connectivity index (χ2v) is 2.97. The number of allylic oxidation sites excluding steroid dienone is 2. The first-order valence-corrected chi connectivity index (χ1v) is 3.62. The van der Waals surface area contributed by atoms with Gasteiger partial charge in [0.1, 0.15) is 0 Å². The van der Waals surface area contributed by atoms with Crippen molar-refractivity contribution in [3.05, 3.63) is 11.6 Å². The standard InChI is InChI=1S/C8H15N/c1-6-3-4-8(5-9)7(6)2/h3,7-8H,4-5,9H2,1-2H3. The van der Waals surface area contributed by atoms with Gasteiger partial charge in [-0.3, -0.25) is 0 Å². The molecule has 2 unspecified atom stereocenters. The Morgan fingerprint density at radius 3 is 2.67 bits per heavy atom. The molecule has 0 aromatic carbocycles. The van der Waals surface area contributed by atoms with E-state index in [2.05, 4.69) is 19.9 Å². The number of hydrogen-bond acceptors (Lipinski definition) is 1. The van der Waals surface area contributed by atoms with Gasteiger partial charge in [-0.2, -0.15) is 0 Å². The SMILES string of the molecule is CC1=CCC(CN)C1C. The quantitative estimate of drug-likeness (QED) is 0.529. The summed E-state index contributed by atoms with van der Waals surface area (Å²) in [4.78, 5) is 0. The van der Waals surface area contributed by atoms with Crippen LogP contribution < -0.4 is 5.73 Å². The highest BCUT2D eigenvalue weighted by molar-refractivity contribution is 5.11. The largest absolute Gasteiger partial charge is 0.330 e. The molecule has 52 valence electrons. The predicted molar refractivity (Wildman–Crippen MR) is 40.1 cm³/mol. The predicted octanol–water partition coefficient (Wildman–Crippen LogP) is 1.55. The highest BCUT2D eigenvalue weighted by Crippen LogP contribution is 2.29. The summed E-state index contributed by atoms with van der Waals surface area (Å²) in [5.74, 6) is 1.46. The number of hydrogen-bond donors (Lipinski definition) is 1. The van der Waals surface area contributed by atoms with E-state index in [9.17, 15) is 0 Å². The van der Waals surface area contributed by atoms with Crippen molar-refractivity contribution in [3.8, 4) is 0 Å². The molecule has 9 heavy (non-hydrogen) atoms.